The number of nitrogens with zero attached hydrogens (tertiary/aromatic N) is 2. The van der Waals surface area contributed by atoms with Gasteiger partial charge in [0, 0.05) is 10.0 Å². The van der Waals surface area contributed by atoms with E-state index in [1.165, 1.54) is 0 Å². The van der Waals surface area contributed by atoms with Gasteiger partial charge < -0.3 is 4.74 Å². The fourth-order valence-corrected chi connectivity index (χ4v) is 3.69. The molecule has 29 heavy (non-hydrogen) atoms. The molecule has 0 aromatic heterocycles. The first-order chi connectivity index (χ1) is 14.1. The standard InChI is InChI=1S/C23H16BrClN2O2/c1-29-18-9-4-6-15(12-18)13-21-23(28)27(17-8-5-7-16(24)14-17)22(26-21)19-10-2-3-11-20(19)25/h2-14H,1H3/b21-13+. The van der Waals surface area contributed by atoms with Crippen molar-refractivity contribution in [3.05, 3.63) is 99.1 Å². The maximum Gasteiger partial charge on any atom is 0.282 e. The van der Waals surface area contributed by atoms with Crippen LogP contribution in [0.15, 0.2) is 88.0 Å². The van der Waals surface area contributed by atoms with Gasteiger partial charge in [-0.3, -0.25) is 9.69 Å². The van der Waals surface area contributed by atoms with E-state index in [0.717, 1.165) is 10.0 Å². The molecule has 0 saturated heterocycles. The topological polar surface area (TPSA) is 41.9 Å². The second kappa shape index (κ2) is 8.23. The van der Waals surface area contributed by atoms with Gasteiger partial charge in [0.15, 0.2) is 0 Å². The zero-order valence-electron chi connectivity index (χ0n) is 15.5. The number of ether oxygens (including phenoxy) is 1. The summed E-state index contributed by atoms with van der Waals surface area (Å²) >= 11 is 9.89. The predicted octanol–water partition coefficient (Wildman–Crippen LogP) is 5.95. The highest BCUT2D eigenvalue weighted by Gasteiger charge is 2.33. The quantitative estimate of drug-likeness (QED) is 0.445. The Labute approximate surface area is 182 Å². The Hall–Kier alpha value is -2.89. The van der Waals surface area contributed by atoms with Crippen LogP contribution in [-0.4, -0.2) is 18.9 Å². The van der Waals surface area contributed by atoms with Crippen molar-refractivity contribution in [2.45, 2.75) is 0 Å². The van der Waals surface area contributed by atoms with Gasteiger partial charge in [0.25, 0.3) is 5.91 Å². The van der Waals surface area contributed by atoms with Crippen molar-refractivity contribution in [2.75, 3.05) is 12.0 Å². The smallest absolute Gasteiger partial charge is 0.282 e. The molecule has 3 aromatic carbocycles. The number of hydrogen-bond donors (Lipinski definition) is 0. The molecule has 0 spiro atoms. The van der Waals surface area contributed by atoms with Crippen LogP contribution < -0.4 is 9.64 Å². The van der Waals surface area contributed by atoms with Gasteiger partial charge in [0.1, 0.15) is 17.3 Å². The van der Waals surface area contributed by atoms with Crippen molar-refractivity contribution in [2.24, 2.45) is 4.99 Å². The minimum Gasteiger partial charge on any atom is -0.497 e. The van der Waals surface area contributed by atoms with Crippen LogP contribution >= 0.6 is 27.5 Å². The molecule has 1 aliphatic heterocycles. The first-order valence-corrected chi connectivity index (χ1v) is 10.0. The summed E-state index contributed by atoms with van der Waals surface area (Å²) in [4.78, 5) is 19.6. The summed E-state index contributed by atoms with van der Waals surface area (Å²) in [5.41, 5.74) is 2.55. The SMILES string of the molecule is COc1cccc(/C=C2/N=C(c3ccccc3Cl)N(c3cccc(Br)c3)C2=O)c1. The van der Waals surface area contributed by atoms with Gasteiger partial charge in [-0.1, -0.05) is 57.9 Å². The Morgan fingerprint density at radius 1 is 1.03 bits per heavy atom. The molecule has 1 heterocycles. The van der Waals surface area contributed by atoms with Gasteiger partial charge in [0.2, 0.25) is 0 Å². The van der Waals surface area contributed by atoms with Gasteiger partial charge >= 0.3 is 0 Å². The minimum atomic E-state index is -0.221. The molecule has 0 bridgehead atoms. The molecule has 4 nitrogen and oxygen atoms in total. The average molecular weight is 468 g/mol. The molecule has 0 saturated carbocycles. The highest BCUT2D eigenvalue weighted by molar-refractivity contribution is 9.10. The van der Waals surface area contributed by atoms with E-state index in [-0.39, 0.29) is 5.91 Å². The fraction of sp³-hybridized carbons (Fsp3) is 0.0435. The lowest BCUT2D eigenvalue weighted by molar-refractivity contribution is -0.113. The third-order valence-electron chi connectivity index (χ3n) is 4.44. The molecule has 0 N–H and O–H groups in total. The molecule has 1 amide bonds. The van der Waals surface area contributed by atoms with E-state index in [1.807, 2.05) is 66.7 Å². The lowest BCUT2D eigenvalue weighted by atomic mass is 10.1. The number of anilines is 1. The van der Waals surface area contributed by atoms with Crippen LogP contribution in [0.25, 0.3) is 6.08 Å². The van der Waals surface area contributed by atoms with Crippen LogP contribution in [0.5, 0.6) is 5.75 Å². The van der Waals surface area contributed by atoms with Gasteiger partial charge in [-0.25, -0.2) is 4.99 Å². The number of rotatable bonds is 4. The van der Waals surface area contributed by atoms with E-state index >= 15 is 0 Å². The largest absolute Gasteiger partial charge is 0.497 e. The number of amides is 1. The second-order valence-corrected chi connectivity index (χ2v) is 7.66. The fourth-order valence-electron chi connectivity index (χ4n) is 3.08. The van der Waals surface area contributed by atoms with Crippen LogP contribution in [0, 0.1) is 0 Å². The normalized spacial score (nSPS) is 15.0. The summed E-state index contributed by atoms with van der Waals surface area (Å²) in [6.45, 7) is 0. The van der Waals surface area contributed by atoms with Crippen LogP contribution in [0.2, 0.25) is 5.02 Å². The molecule has 144 valence electrons. The second-order valence-electron chi connectivity index (χ2n) is 6.34. The molecular formula is C23H16BrClN2O2. The van der Waals surface area contributed by atoms with Crippen molar-refractivity contribution >= 4 is 51.0 Å². The number of methoxy groups -OCH3 is 1. The Balaban J connectivity index is 1.85. The Kier molecular flexibility index (Phi) is 5.51. The number of amidine groups is 1. The number of carbonyl (C=O) groups excluding carboxylic acids is 1. The number of hydrogen-bond acceptors (Lipinski definition) is 3. The predicted molar refractivity (Wildman–Crippen MR) is 121 cm³/mol. The maximum atomic E-state index is 13.3. The molecule has 0 radical (unpaired) electrons. The van der Waals surface area contributed by atoms with Crippen molar-refractivity contribution in [1.29, 1.82) is 0 Å². The van der Waals surface area contributed by atoms with E-state index < -0.39 is 0 Å². The molecule has 0 aliphatic carbocycles. The van der Waals surface area contributed by atoms with Gasteiger partial charge in [-0.15, -0.1) is 0 Å². The zero-order valence-corrected chi connectivity index (χ0v) is 17.8. The Bertz CT molecular complexity index is 1160. The van der Waals surface area contributed by atoms with E-state index in [0.29, 0.717) is 33.6 Å². The monoisotopic (exact) mass is 466 g/mol. The lowest BCUT2D eigenvalue weighted by Gasteiger charge is -2.19. The summed E-state index contributed by atoms with van der Waals surface area (Å²) in [6.07, 6.45) is 1.75. The molecule has 0 unspecified atom stereocenters. The third-order valence-corrected chi connectivity index (χ3v) is 5.26. The van der Waals surface area contributed by atoms with Crippen molar-refractivity contribution in [1.82, 2.24) is 0 Å². The summed E-state index contributed by atoms with van der Waals surface area (Å²) in [5, 5.41) is 0.529. The molecule has 3 aromatic rings. The van der Waals surface area contributed by atoms with Crippen LogP contribution in [0.3, 0.4) is 0 Å². The van der Waals surface area contributed by atoms with Gasteiger partial charge in [0.05, 0.1) is 17.8 Å². The summed E-state index contributed by atoms with van der Waals surface area (Å²) in [5.74, 6) is 0.984. The maximum absolute atomic E-state index is 13.3. The van der Waals surface area contributed by atoms with Crippen molar-refractivity contribution in [3.63, 3.8) is 0 Å². The molecular weight excluding hydrogens is 452 g/mol. The third kappa shape index (κ3) is 3.97. The van der Waals surface area contributed by atoms with Crippen LogP contribution in [-0.2, 0) is 4.79 Å². The van der Waals surface area contributed by atoms with Crippen LogP contribution in [0.1, 0.15) is 11.1 Å². The van der Waals surface area contributed by atoms with E-state index in [2.05, 4.69) is 20.9 Å². The van der Waals surface area contributed by atoms with E-state index in [9.17, 15) is 4.79 Å². The number of benzene rings is 3. The molecule has 4 rings (SSSR count). The van der Waals surface area contributed by atoms with Gasteiger partial charge in [-0.2, -0.15) is 0 Å². The first-order valence-electron chi connectivity index (χ1n) is 8.86. The number of aliphatic imine (C=N–C) groups is 1. The number of carbonyl (C=O) groups is 1. The van der Waals surface area contributed by atoms with Gasteiger partial charge in [-0.05, 0) is 54.1 Å². The van der Waals surface area contributed by atoms with Crippen molar-refractivity contribution < 1.29 is 9.53 Å². The van der Waals surface area contributed by atoms with Crippen molar-refractivity contribution in [3.8, 4) is 5.75 Å². The Morgan fingerprint density at radius 3 is 2.59 bits per heavy atom. The van der Waals surface area contributed by atoms with Crippen LogP contribution in [0.4, 0.5) is 5.69 Å². The average Bonchev–Trinajstić information content (AvgIpc) is 3.04. The van der Waals surface area contributed by atoms with E-state index in [4.69, 9.17) is 16.3 Å². The minimum absolute atomic E-state index is 0.221. The summed E-state index contributed by atoms with van der Waals surface area (Å²) < 4.78 is 6.14. The summed E-state index contributed by atoms with van der Waals surface area (Å²) in [6, 6.07) is 22.4. The molecule has 1 aliphatic rings. The Morgan fingerprint density at radius 2 is 1.83 bits per heavy atom. The molecule has 0 fully saturated rings. The highest BCUT2D eigenvalue weighted by Crippen LogP contribution is 2.31. The molecule has 0 atom stereocenters. The first kappa shape index (κ1) is 19.4. The molecule has 6 heteroatoms. The van der Waals surface area contributed by atoms with E-state index in [1.54, 1.807) is 24.2 Å². The zero-order chi connectivity index (χ0) is 20.4. The highest BCUT2D eigenvalue weighted by atomic mass is 79.9. The summed E-state index contributed by atoms with van der Waals surface area (Å²) in [7, 11) is 1.61. The lowest BCUT2D eigenvalue weighted by Crippen LogP contribution is -2.32. The number of halogens is 2.